The van der Waals surface area contributed by atoms with Gasteiger partial charge in [-0.05, 0) is 17.9 Å². The van der Waals surface area contributed by atoms with E-state index in [0.717, 1.165) is 5.75 Å². The lowest BCUT2D eigenvalue weighted by molar-refractivity contribution is -0.310. The maximum Gasteiger partial charge on any atom is 0.212 e. The first-order valence-electron chi connectivity index (χ1n) is 5.85. The van der Waals surface area contributed by atoms with E-state index in [-0.39, 0.29) is 0 Å². The van der Waals surface area contributed by atoms with Gasteiger partial charge in [0.05, 0.1) is 10.8 Å². The standard InChI is InChI=1S/C15H13NS/c1-2-17-15-11-7-3-5-9-13(11)16-14-10-6-4-8-12(14)15/h3-10H,2H2,1H3/p+1. The molecule has 0 saturated carbocycles. The smallest absolute Gasteiger partial charge is 0.204 e. The van der Waals surface area contributed by atoms with Crippen molar-refractivity contribution < 1.29 is 4.98 Å². The number of aromatic nitrogens is 1. The molecule has 0 spiro atoms. The van der Waals surface area contributed by atoms with Crippen molar-refractivity contribution in [1.29, 1.82) is 0 Å². The maximum absolute atomic E-state index is 3.49. The van der Waals surface area contributed by atoms with Gasteiger partial charge in [0.2, 0.25) is 11.0 Å². The van der Waals surface area contributed by atoms with Crippen LogP contribution in [0, 0.1) is 0 Å². The first-order valence-corrected chi connectivity index (χ1v) is 6.84. The zero-order valence-corrected chi connectivity index (χ0v) is 10.6. The van der Waals surface area contributed by atoms with E-state index >= 15 is 0 Å². The number of pyridine rings is 1. The Morgan fingerprint density at radius 3 is 1.94 bits per heavy atom. The molecule has 0 bridgehead atoms. The minimum atomic E-state index is 1.10. The van der Waals surface area contributed by atoms with Gasteiger partial charge in [0.25, 0.3) is 0 Å². The second-order valence-corrected chi connectivity index (χ2v) is 5.25. The van der Waals surface area contributed by atoms with Crippen molar-refractivity contribution in [3.8, 4) is 0 Å². The summed E-state index contributed by atoms with van der Waals surface area (Å²) in [4.78, 5) is 4.88. The van der Waals surface area contributed by atoms with Gasteiger partial charge in [0.1, 0.15) is 0 Å². The predicted octanol–water partition coefficient (Wildman–Crippen LogP) is 3.92. The Hall–Kier alpha value is -1.54. The highest BCUT2D eigenvalue weighted by atomic mass is 32.2. The van der Waals surface area contributed by atoms with E-state index in [1.165, 1.54) is 26.7 Å². The molecule has 0 aliphatic carbocycles. The van der Waals surface area contributed by atoms with Gasteiger partial charge in [-0.2, -0.15) is 0 Å². The topological polar surface area (TPSA) is 14.1 Å². The molecule has 17 heavy (non-hydrogen) atoms. The van der Waals surface area contributed by atoms with Gasteiger partial charge in [-0.25, -0.2) is 4.98 Å². The zero-order valence-electron chi connectivity index (χ0n) is 9.73. The third-order valence-corrected chi connectivity index (χ3v) is 3.92. The number of thioether (sulfide) groups is 1. The van der Waals surface area contributed by atoms with Gasteiger partial charge in [0, 0.05) is 17.0 Å². The van der Waals surface area contributed by atoms with Crippen LogP contribution in [0.3, 0.4) is 0 Å². The van der Waals surface area contributed by atoms with Crippen molar-refractivity contribution in [2.45, 2.75) is 11.8 Å². The third kappa shape index (κ3) is 1.79. The van der Waals surface area contributed by atoms with E-state index in [2.05, 4.69) is 60.4 Å². The summed E-state index contributed by atoms with van der Waals surface area (Å²) in [7, 11) is 0. The summed E-state index contributed by atoms with van der Waals surface area (Å²) in [6, 6.07) is 17.0. The van der Waals surface area contributed by atoms with E-state index < -0.39 is 0 Å². The number of fused-ring (bicyclic) bond motifs is 2. The highest BCUT2D eigenvalue weighted by molar-refractivity contribution is 7.99. The van der Waals surface area contributed by atoms with Crippen molar-refractivity contribution in [3.05, 3.63) is 48.5 Å². The molecular weight excluding hydrogens is 226 g/mol. The lowest BCUT2D eigenvalue weighted by Crippen LogP contribution is -2.06. The SMILES string of the molecule is CCSc1c2ccccc2[nH+]c2ccccc12. The number of nitrogens with one attached hydrogen (secondary N) is 1. The molecule has 0 unspecified atom stereocenters. The third-order valence-electron chi connectivity index (χ3n) is 2.90. The number of H-pyrrole nitrogens is 1. The predicted molar refractivity (Wildman–Crippen MR) is 74.4 cm³/mol. The number of aromatic amines is 1. The quantitative estimate of drug-likeness (QED) is 0.489. The fourth-order valence-electron chi connectivity index (χ4n) is 2.17. The largest absolute Gasteiger partial charge is 0.212 e. The van der Waals surface area contributed by atoms with Crippen LogP contribution in [0.5, 0.6) is 0 Å². The molecule has 0 fully saturated rings. The number of benzene rings is 2. The molecule has 3 rings (SSSR count). The zero-order chi connectivity index (χ0) is 11.7. The van der Waals surface area contributed by atoms with Crippen LogP contribution in [0.1, 0.15) is 6.92 Å². The van der Waals surface area contributed by atoms with Gasteiger partial charge >= 0.3 is 0 Å². The normalized spacial score (nSPS) is 11.1. The molecule has 0 aliphatic heterocycles. The highest BCUT2D eigenvalue weighted by Crippen LogP contribution is 2.31. The van der Waals surface area contributed by atoms with Gasteiger partial charge in [-0.15, -0.1) is 11.8 Å². The molecule has 1 heterocycles. The van der Waals surface area contributed by atoms with Gasteiger partial charge < -0.3 is 0 Å². The van der Waals surface area contributed by atoms with E-state index in [1.807, 2.05) is 11.8 Å². The summed E-state index contributed by atoms with van der Waals surface area (Å²) in [5.74, 6) is 1.10. The molecule has 1 aromatic heterocycles. The molecule has 0 amide bonds. The van der Waals surface area contributed by atoms with Crippen molar-refractivity contribution >= 4 is 33.6 Å². The molecule has 1 N–H and O–H groups in total. The van der Waals surface area contributed by atoms with E-state index in [9.17, 15) is 0 Å². The molecule has 84 valence electrons. The van der Waals surface area contributed by atoms with Gasteiger partial charge in [-0.3, -0.25) is 0 Å². The Morgan fingerprint density at radius 1 is 0.882 bits per heavy atom. The highest BCUT2D eigenvalue weighted by Gasteiger charge is 2.12. The van der Waals surface area contributed by atoms with Crippen LogP contribution in [-0.2, 0) is 0 Å². The van der Waals surface area contributed by atoms with Crippen LogP contribution >= 0.6 is 11.8 Å². The summed E-state index contributed by atoms with van der Waals surface area (Å²) in [5.41, 5.74) is 2.42. The fraction of sp³-hybridized carbons (Fsp3) is 0.133. The first kappa shape index (κ1) is 10.6. The van der Waals surface area contributed by atoms with Crippen LogP contribution in [0.2, 0.25) is 0 Å². The number of rotatable bonds is 2. The summed E-state index contributed by atoms with van der Waals surface area (Å²) < 4.78 is 0. The van der Waals surface area contributed by atoms with Gasteiger partial charge in [0.15, 0.2) is 0 Å². The average Bonchev–Trinajstić information content (AvgIpc) is 2.39. The molecule has 0 atom stereocenters. The molecule has 1 nitrogen and oxygen atoms in total. The number of para-hydroxylation sites is 2. The van der Waals surface area contributed by atoms with Crippen molar-refractivity contribution in [2.24, 2.45) is 0 Å². The molecule has 0 aliphatic rings. The second-order valence-electron chi connectivity index (χ2n) is 3.98. The number of hydrogen-bond donors (Lipinski definition) is 0. The fourth-order valence-corrected chi connectivity index (χ4v) is 3.13. The van der Waals surface area contributed by atoms with E-state index in [4.69, 9.17) is 0 Å². The molecule has 3 aromatic rings. The minimum Gasteiger partial charge on any atom is -0.204 e. The van der Waals surface area contributed by atoms with E-state index in [0.29, 0.717) is 0 Å². The van der Waals surface area contributed by atoms with Gasteiger partial charge in [-0.1, -0.05) is 31.2 Å². The monoisotopic (exact) mass is 240 g/mol. The van der Waals surface area contributed by atoms with Crippen molar-refractivity contribution in [1.82, 2.24) is 0 Å². The molecule has 2 aromatic carbocycles. The first-order chi connectivity index (χ1) is 8.40. The summed E-state index contributed by atoms with van der Waals surface area (Å²) in [6.45, 7) is 2.20. The average molecular weight is 240 g/mol. The Balaban J connectivity index is 2.47. The number of hydrogen-bond acceptors (Lipinski definition) is 1. The Labute approximate surface area is 105 Å². The Kier molecular flexibility index (Phi) is 2.73. The molecule has 0 radical (unpaired) electrons. The van der Waals surface area contributed by atoms with Crippen molar-refractivity contribution in [3.63, 3.8) is 0 Å². The molecule has 0 saturated heterocycles. The lowest BCUT2D eigenvalue weighted by atomic mass is 10.1. The lowest BCUT2D eigenvalue weighted by Gasteiger charge is -2.04. The Morgan fingerprint density at radius 2 is 1.41 bits per heavy atom. The van der Waals surface area contributed by atoms with Crippen LogP contribution in [0.15, 0.2) is 53.4 Å². The summed E-state index contributed by atoms with van der Waals surface area (Å²) in [6.07, 6.45) is 0. The minimum absolute atomic E-state index is 1.10. The summed E-state index contributed by atoms with van der Waals surface area (Å²) >= 11 is 1.91. The van der Waals surface area contributed by atoms with E-state index in [1.54, 1.807) is 0 Å². The molecule has 2 heteroatoms. The van der Waals surface area contributed by atoms with Crippen molar-refractivity contribution in [2.75, 3.05) is 5.75 Å². The molecular formula is C15H14NS+. The van der Waals surface area contributed by atoms with Crippen LogP contribution < -0.4 is 4.98 Å². The summed E-state index contributed by atoms with van der Waals surface area (Å²) in [5, 5.41) is 2.64. The Bertz CT molecular complexity index is 622. The van der Waals surface area contributed by atoms with Crippen LogP contribution in [0.25, 0.3) is 21.8 Å². The second kappa shape index (κ2) is 4.38. The van der Waals surface area contributed by atoms with Crippen LogP contribution in [0.4, 0.5) is 0 Å². The van der Waals surface area contributed by atoms with Crippen LogP contribution in [-0.4, -0.2) is 5.75 Å². The maximum atomic E-state index is 3.49.